The summed E-state index contributed by atoms with van der Waals surface area (Å²) < 4.78 is 27.1. The van der Waals surface area contributed by atoms with E-state index in [0.717, 1.165) is 35.0 Å². The number of carbonyl (C=O) groups is 1. The molecule has 2 aromatic rings. The van der Waals surface area contributed by atoms with E-state index >= 15 is 0 Å². The Bertz CT molecular complexity index is 679. The van der Waals surface area contributed by atoms with Crippen LogP contribution in [0.3, 0.4) is 0 Å². The van der Waals surface area contributed by atoms with Gasteiger partial charge in [-0.2, -0.15) is 0 Å². The Morgan fingerprint density at radius 2 is 1.89 bits per heavy atom. The Balaban J connectivity index is 2.66. The van der Waals surface area contributed by atoms with E-state index in [2.05, 4.69) is 0 Å². The summed E-state index contributed by atoms with van der Waals surface area (Å²) >= 11 is 0. The number of carboxylic acids is 1. The van der Waals surface area contributed by atoms with Crippen LogP contribution in [0.4, 0.5) is 8.78 Å². The average molecular weight is 251 g/mol. The second-order valence-electron chi connectivity index (χ2n) is 3.53. The Hall–Kier alpha value is -2.50. The average Bonchev–Trinajstić information content (AvgIpc) is 2.30. The maximum Gasteiger partial charge on any atom is 0.337 e. The molecule has 1 N–H and O–H groups in total. The highest BCUT2D eigenvalue weighted by atomic mass is 19.1. The fourth-order valence-electron chi connectivity index (χ4n) is 1.48. The fourth-order valence-corrected chi connectivity index (χ4v) is 1.48. The van der Waals surface area contributed by atoms with Gasteiger partial charge in [0.2, 0.25) is 0 Å². The first kappa shape index (κ1) is 12.0. The number of aromatic carboxylic acids is 1. The van der Waals surface area contributed by atoms with Gasteiger partial charge in [0.25, 0.3) is 5.56 Å². The van der Waals surface area contributed by atoms with E-state index in [4.69, 9.17) is 5.11 Å². The number of rotatable bonds is 2. The first-order valence-corrected chi connectivity index (χ1v) is 4.90. The fraction of sp³-hybridized carbons (Fsp3) is 0. The van der Waals surface area contributed by atoms with E-state index in [1.165, 1.54) is 0 Å². The molecule has 92 valence electrons. The Morgan fingerprint density at radius 3 is 2.50 bits per heavy atom. The Morgan fingerprint density at radius 1 is 1.17 bits per heavy atom. The second kappa shape index (κ2) is 4.40. The summed E-state index contributed by atoms with van der Waals surface area (Å²) in [5, 5.41) is 8.79. The number of halogens is 2. The molecule has 0 saturated heterocycles. The van der Waals surface area contributed by atoms with Gasteiger partial charge in [0.1, 0.15) is 11.6 Å². The molecule has 0 atom stereocenters. The van der Waals surface area contributed by atoms with Crippen LogP contribution in [-0.4, -0.2) is 15.6 Å². The molecule has 6 heteroatoms. The molecule has 2 rings (SSSR count). The van der Waals surface area contributed by atoms with Crippen molar-refractivity contribution in [2.75, 3.05) is 0 Å². The Labute approximate surface area is 99.7 Å². The third-order valence-electron chi connectivity index (χ3n) is 2.33. The van der Waals surface area contributed by atoms with Crippen molar-refractivity contribution in [3.8, 4) is 5.69 Å². The smallest absolute Gasteiger partial charge is 0.337 e. The topological polar surface area (TPSA) is 59.3 Å². The number of hydrogen-bond acceptors (Lipinski definition) is 2. The lowest BCUT2D eigenvalue weighted by Gasteiger charge is -2.07. The number of aromatic nitrogens is 1. The molecule has 1 aromatic heterocycles. The lowest BCUT2D eigenvalue weighted by molar-refractivity contribution is 0.0696. The Kier molecular flexibility index (Phi) is 2.93. The highest BCUT2D eigenvalue weighted by Gasteiger charge is 2.10. The molecule has 0 saturated carbocycles. The molecule has 1 aromatic carbocycles. The summed E-state index contributed by atoms with van der Waals surface area (Å²) in [7, 11) is 0. The van der Waals surface area contributed by atoms with Crippen molar-refractivity contribution in [1.82, 2.24) is 4.57 Å². The minimum atomic E-state index is -1.24. The van der Waals surface area contributed by atoms with Gasteiger partial charge in [-0.1, -0.05) is 0 Å². The van der Waals surface area contributed by atoms with Crippen LogP contribution in [0.15, 0.2) is 41.3 Å². The van der Waals surface area contributed by atoms with E-state index < -0.39 is 23.2 Å². The number of carboxylic acid groups (broad SMARTS) is 1. The predicted octanol–water partition coefficient (Wildman–Crippen LogP) is 1.81. The highest BCUT2D eigenvalue weighted by molar-refractivity contribution is 5.87. The number of pyridine rings is 1. The molecule has 0 aliphatic rings. The van der Waals surface area contributed by atoms with Crippen LogP contribution in [0.2, 0.25) is 0 Å². The zero-order valence-electron chi connectivity index (χ0n) is 8.93. The molecular weight excluding hydrogens is 244 g/mol. The molecule has 18 heavy (non-hydrogen) atoms. The summed E-state index contributed by atoms with van der Waals surface area (Å²) in [6, 6.07) is 4.79. The van der Waals surface area contributed by atoms with Crippen molar-refractivity contribution in [2.45, 2.75) is 0 Å². The molecule has 0 spiro atoms. The van der Waals surface area contributed by atoms with Crippen LogP contribution in [0.5, 0.6) is 0 Å². The summed E-state index contributed by atoms with van der Waals surface area (Å²) in [6.45, 7) is 0. The SMILES string of the molecule is O=C(O)c1ccc(=O)n(-c2ccc(F)cc2F)c1. The molecule has 0 radical (unpaired) electrons. The van der Waals surface area contributed by atoms with Gasteiger partial charge in [0, 0.05) is 18.3 Å². The van der Waals surface area contributed by atoms with Crippen LogP contribution >= 0.6 is 0 Å². The van der Waals surface area contributed by atoms with Crippen molar-refractivity contribution in [1.29, 1.82) is 0 Å². The largest absolute Gasteiger partial charge is 0.478 e. The van der Waals surface area contributed by atoms with Crippen molar-refractivity contribution >= 4 is 5.97 Å². The zero-order valence-corrected chi connectivity index (χ0v) is 8.93. The molecule has 0 bridgehead atoms. The van der Waals surface area contributed by atoms with Crippen molar-refractivity contribution < 1.29 is 18.7 Å². The van der Waals surface area contributed by atoms with Crippen LogP contribution < -0.4 is 5.56 Å². The van der Waals surface area contributed by atoms with Crippen LogP contribution in [0.1, 0.15) is 10.4 Å². The third kappa shape index (κ3) is 2.13. The minimum Gasteiger partial charge on any atom is -0.478 e. The van der Waals surface area contributed by atoms with Gasteiger partial charge in [-0.15, -0.1) is 0 Å². The van der Waals surface area contributed by atoms with Crippen molar-refractivity contribution in [3.05, 3.63) is 64.1 Å². The quantitative estimate of drug-likeness (QED) is 0.885. The summed E-state index contributed by atoms with van der Waals surface area (Å²) in [5.41, 5.74) is -0.978. The van der Waals surface area contributed by atoms with Gasteiger partial charge in [-0.25, -0.2) is 13.6 Å². The number of benzene rings is 1. The normalized spacial score (nSPS) is 10.3. The molecule has 0 amide bonds. The standard InChI is InChI=1S/C12H7F2NO3/c13-8-2-3-10(9(14)5-8)15-6-7(12(17)18)1-4-11(15)16/h1-6H,(H,17,18). The monoisotopic (exact) mass is 251 g/mol. The van der Waals surface area contributed by atoms with Crippen molar-refractivity contribution in [3.63, 3.8) is 0 Å². The first-order chi connectivity index (χ1) is 8.49. The predicted molar refractivity (Wildman–Crippen MR) is 58.9 cm³/mol. The van der Waals surface area contributed by atoms with Crippen LogP contribution in [0.25, 0.3) is 5.69 Å². The molecule has 0 aliphatic carbocycles. The van der Waals surface area contributed by atoms with Crippen LogP contribution in [-0.2, 0) is 0 Å². The lowest BCUT2D eigenvalue weighted by atomic mass is 10.2. The highest BCUT2D eigenvalue weighted by Crippen LogP contribution is 2.13. The van der Waals surface area contributed by atoms with Gasteiger partial charge in [-0.3, -0.25) is 9.36 Å². The van der Waals surface area contributed by atoms with Gasteiger partial charge in [0.05, 0.1) is 11.3 Å². The maximum atomic E-state index is 13.5. The van der Waals surface area contributed by atoms with E-state index in [1.807, 2.05) is 0 Å². The zero-order chi connectivity index (χ0) is 13.3. The summed E-state index contributed by atoms with van der Waals surface area (Å²) in [4.78, 5) is 22.3. The van der Waals surface area contributed by atoms with Crippen LogP contribution in [0, 0.1) is 11.6 Å². The van der Waals surface area contributed by atoms with E-state index in [-0.39, 0.29) is 11.3 Å². The molecule has 0 unspecified atom stereocenters. The van der Waals surface area contributed by atoms with Gasteiger partial charge >= 0.3 is 5.97 Å². The molecule has 0 fully saturated rings. The summed E-state index contributed by atoms with van der Waals surface area (Å²) in [6.07, 6.45) is 0.987. The summed E-state index contributed by atoms with van der Waals surface area (Å²) in [5.74, 6) is -2.97. The lowest BCUT2D eigenvalue weighted by Crippen LogP contribution is -2.19. The minimum absolute atomic E-state index is 0.168. The molecule has 4 nitrogen and oxygen atoms in total. The van der Waals surface area contributed by atoms with Gasteiger partial charge in [-0.05, 0) is 18.2 Å². The van der Waals surface area contributed by atoms with Gasteiger partial charge in [0.15, 0.2) is 0 Å². The van der Waals surface area contributed by atoms with E-state index in [9.17, 15) is 18.4 Å². The molecular formula is C12H7F2NO3. The van der Waals surface area contributed by atoms with E-state index in [0.29, 0.717) is 6.07 Å². The van der Waals surface area contributed by atoms with E-state index in [1.54, 1.807) is 0 Å². The molecule has 1 heterocycles. The third-order valence-corrected chi connectivity index (χ3v) is 2.33. The number of hydrogen-bond donors (Lipinski definition) is 1. The van der Waals surface area contributed by atoms with Gasteiger partial charge < -0.3 is 5.11 Å². The number of nitrogens with zero attached hydrogens (tertiary/aromatic N) is 1. The molecule has 0 aliphatic heterocycles. The maximum absolute atomic E-state index is 13.5. The second-order valence-corrected chi connectivity index (χ2v) is 3.53. The first-order valence-electron chi connectivity index (χ1n) is 4.90. The van der Waals surface area contributed by atoms with Crippen molar-refractivity contribution in [2.24, 2.45) is 0 Å².